The molecule has 0 aromatic heterocycles. The Kier molecular flexibility index (Phi) is 9.24. The van der Waals surface area contributed by atoms with Gasteiger partial charge in [-0.05, 0) is 71.8 Å². The van der Waals surface area contributed by atoms with Crippen LogP contribution >= 0.6 is 22.6 Å². The van der Waals surface area contributed by atoms with Crippen LogP contribution in [0, 0.1) is 10.5 Å². The highest BCUT2D eigenvalue weighted by molar-refractivity contribution is 14.1. The molecule has 0 aliphatic carbocycles. The fourth-order valence-electron chi connectivity index (χ4n) is 3.23. The van der Waals surface area contributed by atoms with Crippen molar-refractivity contribution in [3.05, 3.63) is 87.0 Å². The predicted octanol–water partition coefficient (Wildman–Crippen LogP) is 4.26. The zero-order valence-electron chi connectivity index (χ0n) is 19.2. The van der Waals surface area contributed by atoms with E-state index in [4.69, 9.17) is 4.74 Å². The van der Waals surface area contributed by atoms with Gasteiger partial charge in [-0.2, -0.15) is 5.10 Å². The number of benzene rings is 3. The maximum atomic E-state index is 12.9. The van der Waals surface area contributed by atoms with Gasteiger partial charge in [-0.1, -0.05) is 48.0 Å². The Hall–Kier alpha value is -2.96. The van der Waals surface area contributed by atoms with Crippen LogP contribution < -0.4 is 14.9 Å². The van der Waals surface area contributed by atoms with Crippen molar-refractivity contribution in [1.29, 1.82) is 0 Å². The van der Waals surface area contributed by atoms with Crippen LogP contribution in [-0.4, -0.2) is 32.3 Å². The molecule has 0 fully saturated rings. The number of phenols is 1. The van der Waals surface area contributed by atoms with Crippen molar-refractivity contribution < 1.29 is 23.1 Å². The highest BCUT2D eigenvalue weighted by Gasteiger charge is 2.23. The molecule has 35 heavy (non-hydrogen) atoms. The van der Waals surface area contributed by atoms with Crippen LogP contribution in [0.2, 0.25) is 0 Å². The first-order valence-electron chi connectivity index (χ1n) is 10.8. The molecule has 3 rings (SSSR count). The number of amides is 1. The molecule has 0 spiro atoms. The largest absolute Gasteiger partial charge is 0.504 e. The van der Waals surface area contributed by atoms with Crippen molar-refractivity contribution in [1.82, 2.24) is 10.1 Å². The second kappa shape index (κ2) is 12.1. The van der Waals surface area contributed by atoms with E-state index >= 15 is 0 Å². The normalized spacial score (nSPS) is 12.4. The standard InChI is InChI=1S/C25H26IN3O5S/c1-3-34-23-14-18(13-21(26)25(23)31)16-27-28-24(30)15-22(19-7-5-4-6-8-19)29-35(32,33)20-11-9-17(2)10-12-20/h4-14,16,22,29,31H,3,15H2,1-2H3,(H,28,30)/b27-16-/t22-/m0/s1. The Bertz CT molecular complexity index is 1300. The lowest BCUT2D eigenvalue weighted by atomic mass is 10.0. The zero-order chi connectivity index (χ0) is 25.4. The minimum Gasteiger partial charge on any atom is -0.504 e. The topological polar surface area (TPSA) is 117 Å². The Morgan fingerprint density at radius 3 is 2.49 bits per heavy atom. The minimum atomic E-state index is -3.86. The lowest BCUT2D eigenvalue weighted by molar-refractivity contribution is -0.121. The smallest absolute Gasteiger partial charge is 0.242 e. The predicted molar refractivity (Wildman–Crippen MR) is 143 cm³/mol. The molecule has 0 saturated heterocycles. The summed E-state index contributed by atoms with van der Waals surface area (Å²) in [5.74, 6) is -0.109. The van der Waals surface area contributed by atoms with Gasteiger partial charge < -0.3 is 9.84 Å². The summed E-state index contributed by atoms with van der Waals surface area (Å²) in [6, 6.07) is 17.9. The van der Waals surface area contributed by atoms with E-state index in [1.165, 1.54) is 18.3 Å². The number of carbonyl (C=O) groups is 1. The average Bonchev–Trinajstić information content (AvgIpc) is 2.82. The number of nitrogens with one attached hydrogen (secondary N) is 2. The first-order chi connectivity index (χ1) is 16.7. The van der Waals surface area contributed by atoms with Gasteiger partial charge in [-0.15, -0.1) is 0 Å². The average molecular weight is 607 g/mol. The van der Waals surface area contributed by atoms with E-state index in [1.807, 2.05) is 42.5 Å². The van der Waals surface area contributed by atoms with Gasteiger partial charge in [0.1, 0.15) is 0 Å². The Morgan fingerprint density at radius 2 is 1.83 bits per heavy atom. The first-order valence-corrected chi connectivity index (χ1v) is 13.4. The summed E-state index contributed by atoms with van der Waals surface area (Å²) in [6.45, 7) is 4.07. The van der Waals surface area contributed by atoms with E-state index in [2.05, 4.69) is 15.2 Å². The number of ether oxygens (including phenoxy) is 1. The zero-order valence-corrected chi connectivity index (χ0v) is 22.2. The molecular formula is C25H26IN3O5S. The summed E-state index contributed by atoms with van der Waals surface area (Å²) in [5, 5.41) is 14.0. The summed E-state index contributed by atoms with van der Waals surface area (Å²) in [5.41, 5.74) is 4.65. The highest BCUT2D eigenvalue weighted by atomic mass is 127. The number of nitrogens with zero attached hydrogens (tertiary/aromatic N) is 1. The van der Waals surface area contributed by atoms with Crippen molar-refractivity contribution in [2.75, 3.05) is 6.61 Å². The van der Waals surface area contributed by atoms with E-state index < -0.39 is 22.0 Å². The first kappa shape index (κ1) is 26.6. The number of hydrogen-bond acceptors (Lipinski definition) is 6. The van der Waals surface area contributed by atoms with Crippen molar-refractivity contribution in [3.8, 4) is 11.5 Å². The van der Waals surface area contributed by atoms with Gasteiger partial charge in [-0.3, -0.25) is 4.79 Å². The number of hydrogen-bond donors (Lipinski definition) is 3. The van der Waals surface area contributed by atoms with E-state index in [-0.39, 0.29) is 17.1 Å². The van der Waals surface area contributed by atoms with E-state index in [0.29, 0.717) is 27.1 Å². The third-order valence-corrected chi connectivity index (χ3v) is 7.28. The number of sulfonamides is 1. The van der Waals surface area contributed by atoms with Crippen LogP contribution in [0.3, 0.4) is 0 Å². The van der Waals surface area contributed by atoms with Gasteiger partial charge in [-0.25, -0.2) is 18.6 Å². The molecule has 8 nitrogen and oxygen atoms in total. The molecule has 3 aromatic carbocycles. The maximum Gasteiger partial charge on any atom is 0.242 e. The molecule has 184 valence electrons. The van der Waals surface area contributed by atoms with Gasteiger partial charge in [0.2, 0.25) is 15.9 Å². The van der Waals surface area contributed by atoms with Crippen molar-refractivity contribution in [3.63, 3.8) is 0 Å². The van der Waals surface area contributed by atoms with Crippen LogP contribution in [0.1, 0.15) is 36.1 Å². The molecule has 0 aliphatic heterocycles. The molecule has 0 unspecified atom stereocenters. The lowest BCUT2D eigenvalue weighted by Crippen LogP contribution is -2.32. The van der Waals surface area contributed by atoms with Crippen molar-refractivity contribution in [2.24, 2.45) is 5.10 Å². The second-order valence-electron chi connectivity index (χ2n) is 7.68. The molecule has 10 heteroatoms. The van der Waals surface area contributed by atoms with Crippen molar-refractivity contribution >= 4 is 44.7 Å². The Morgan fingerprint density at radius 1 is 1.14 bits per heavy atom. The minimum absolute atomic E-state index is 0.0419. The van der Waals surface area contributed by atoms with E-state index in [9.17, 15) is 18.3 Å². The van der Waals surface area contributed by atoms with E-state index in [1.54, 1.807) is 48.5 Å². The fourth-order valence-corrected chi connectivity index (χ4v) is 5.08. The fraction of sp³-hybridized carbons (Fsp3) is 0.200. The van der Waals surface area contributed by atoms with Crippen LogP contribution in [0.5, 0.6) is 11.5 Å². The quantitative estimate of drug-likeness (QED) is 0.181. The van der Waals surface area contributed by atoms with Crippen LogP contribution in [0.15, 0.2) is 76.7 Å². The molecule has 0 bridgehead atoms. The summed E-state index contributed by atoms with van der Waals surface area (Å²) >= 11 is 1.98. The molecule has 1 atom stereocenters. The van der Waals surface area contributed by atoms with Crippen molar-refractivity contribution in [2.45, 2.75) is 31.2 Å². The Labute approximate surface area is 218 Å². The SMILES string of the molecule is CCOc1cc(/C=N\NC(=O)C[C@H](NS(=O)(=O)c2ccc(C)cc2)c2ccccc2)cc(I)c1O. The van der Waals surface area contributed by atoms with Gasteiger partial charge in [0.05, 0.1) is 27.3 Å². The number of halogens is 1. The van der Waals surface area contributed by atoms with Crippen LogP contribution in [0.25, 0.3) is 0 Å². The molecule has 0 saturated carbocycles. The second-order valence-corrected chi connectivity index (χ2v) is 10.6. The summed E-state index contributed by atoms with van der Waals surface area (Å²) in [7, 11) is -3.86. The molecule has 1 amide bonds. The molecule has 0 heterocycles. The van der Waals surface area contributed by atoms with E-state index in [0.717, 1.165) is 5.56 Å². The number of aryl methyl sites for hydroxylation is 1. The van der Waals surface area contributed by atoms with Gasteiger partial charge >= 0.3 is 0 Å². The van der Waals surface area contributed by atoms with Gasteiger partial charge in [0.15, 0.2) is 11.5 Å². The third kappa shape index (κ3) is 7.51. The monoisotopic (exact) mass is 607 g/mol. The van der Waals surface area contributed by atoms with Gasteiger partial charge in [0, 0.05) is 6.42 Å². The number of phenolic OH excluding ortho intramolecular Hbond substituents is 1. The third-order valence-electron chi connectivity index (χ3n) is 4.97. The number of rotatable bonds is 10. The number of carbonyl (C=O) groups excluding carboxylic acids is 1. The number of aromatic hydroxyl groups is 1. The van der Waals surface area contributed by atoms with Gasteiger partial charge in [0.25, 0.3) is 0 Å². The highest BCUT2D eigenvalue weighted by Crippen LogP contribution is 2.32. The molecule has 0 aliphatic rings. The summed E-state index contributed by atoms with van der Waals surface area (Å²) < 4.78 is 34.5. The Balaban J connectivity index is 1.74. The van der Waals surface area contributed by atoms with Crippen LogP contribution in [0.4, 0.5) is 0 Å². The summed E-state index contributed by atoms with van der Waals surface area (Å²) in [4.78, 5) is 12.8. The molecular weight excluding hydrogens is 581 g/mol. The molecule has 0 radical (unpaired) electrons. The summed E-state index contributed by atoms with van der Waals surface area (Å²) in [6.07, 6.45) is 1.26. The van der Waals surface area contributed by atoms with Crippen LogP contribution in [-0.2, 0) is 14.8 Å². The lowest BCUT2D eigenvalue weighted by Gasteiger charge is -2.18. The molecule has 3 N–H and O–H groups in total. The maximum absolute atomic E-state index is 12.9. The number of hydrazone groups is 1. The molecule has 3 aromatic rings.